The van der Waals surface area contributed by atoms with Gasteiger partial charge in [0.2, 0.25) is 10.8 Å². The Bertz CT molecular complexity index is 1010. The summed E-state index contributed by atoms with van der Waals surface area (Å²) >= 11 is 0.934. The number of rotatable bonds is 1. The minimum absolute atomic E-state index is 0.0464. The highest BCUT2D eigenvalue weighted by atomic mass is 32.1. The van der Waals surface area contributed by atoms with Gasteiger partial charge in [-0.05, 0) is 23.8 Å². The van der Waals surface area contributed by atoms with Crippen LogP contribution in [0.3, 0.4) is 0 Å². The number of thiazole rings is 1. The van der Waals surface area contributed by atoms with Crippen molar-refractivity contribution in [3.8, 4) is 5.88 Å². The number of nitrogens with two attached hydrogens (primary N) is 1. The predicted octanol–water partition coefficient (Wildman–Crippen LogP) is 0.0908. The minimum Gasteiger partial charge on any atom is -0.492 e. The van der Waals surface area contributed by atoms with Crippen LogP contribution in [0, 0.1) is 5.82 Å². The molecular weight excluding hydrogens is 297 g/mol. The normalized spacial score (nSPS) is 12.1. The molecule has 0 unspecified atom stereocenters. The van der Waals surface area contributed by atoms with E-state index < -0.39 is 22.7 Å². The second kappa shape index (κ2) is 4.67. The van der Waals surface area contributed by atoms with Gasteiger partial charge in [0.15, 0.2) is 5.69 Å². The molecule has 21 heavy (non-hydrogen) atoms. The van der Waals surface area contributed by atoms with Crippen molar-refractivity contribution in [2.24, 2.45) is 0 Å². The van der Waals surface area contributed by atoms with Crippen molar-refractivity contribution in [3.05, 3.63) is 60.9 Å². The van der Waals surface area contributed by atoms with Crippen molar-refractivity contribution < 1.29 is 9.50 Å². The second-order valence-corrected chi connectivity index (χ2v) is 5.25. The van der Waals surface area contributed by atoms with Crippen LogP contribution in [0.5, 0.6) is 5.88 Å². The largest absolute Gasteiger partial charge is 0.492 e. The van der Waals surface area contributed by atoms with Crippen molar-refractivity contribution >= 4 is 28.1 Å². The molecule has 0 atom stereocenters. The van der Waals surface area contributed by atoms with Crippen LogP contribution in [-0.4, -0.2) is 14.5 Å². The van der Waals surface area contributed by atoms with E-state index in [2.05, 4.69) is 4.98 Å². The molecule has 3 aromatic rings. The predicted molar refractivity (Wildman–Crippen MR) is 76.9 cm³/mol. The fraction of sp³-hybridized carbons (Fsp3) is 0. The Balaban J connectivity index is 2.33. The molecule has 106 valence electrons. The minimum atomic E-state index is -0.808. The van der Waals surface area contributed by atoms with Crippen LogP contribution in [0.4, 0.5) is 10.1 Å². The average Bonchev–Trinajstić information content (AvgIpc) is 2.75. The Morgan fingerprint density at radius 2 is 1.90 bits per heavy atom. The summed E-state index contributed by atoms with van der Waals surface area (Å²) in [7, 11) is 0. The summed E-state index contributed by atoms with van der Waals surface area (Å²) in [5.74, 6) is -0.990. The van der Waals surface area contributed by atoms with E-state index in [9.17, 15) is 19.1 Å². The number of fused-ring (bicyclic) bond motifs is 1. The third-order valence-corrected chi connectivity index (χ3v) is 3.82. The molecule has 0 aliphatic carbocycles. The highest BCUT2D eigenvalue weighted by molar-refractivity contribution is 7.15. The Morgan fingerprint density at radius 1 is 1.24 bits per heavy atom. The SMILES string of the molecule is Nc1c(O)nc2sc(=Cc3ccc(F)cc3)c(=O)n2c1=O. The number of aromatic nitrogens is 2. The van der Waals surface area contributed by atoms with E-state index in [-0.39, 0.29) is 15.3 Å². The number of hydrogen-bond donors (Lipinski definition) is 2. The van der Waals surface area contributed by atoms with Crippen LogP contribution in [0.25, 0.3) is 11.0 Å². The average molecular weight is 305 g/mol. The number of aromatic hydroxyl groups is 1. The van der Waals surface area contributed by atoms with Crippen LogP contribution in [0.15, 0.2) is 33.9 Å². The lowest BCUT2D eigenvalue weighted by atomic mass is 10.2. The molecule has 0 bridgehead atoms. The van der Waals surface area contributed by atoms with E-state index in [1.807, 2.05) is 0 Å². The van der Waals surface area contributed by atoms with Crippen LogP contribution in [0.2, 0.25) is 0 Å². The molecule has 3 rings (SSSR count). The molecule has 3 N–H and O–H groups in total. The molecule has 0 aliphatic rings. The molecule has 0 saturated heterocycles. The second-order valence-electron chi connectivity index (χ2n) is 4.24. The smallest absolute Gasteiger partial charge is 0.288 e. The first kappa shape index (κ1) is 13.3. The maximum atomic E-state index is 12.8. The molecule has 0 fully saturated rings. The van der Waals surface area contributed by atoms with Gasteiger partial charge in [-0.3, -0.25) is 9.59 Å². The zero-order valence-electron chi connectivity index (χ0n) is 10.4. The highest BCUT2D eigenvalue weighted by Crippen LogP contribution is 2.12. The van der Waals surface area contributed by atoms with E-state index in [1.165, 1.54) is 30.3 Å². The quantitative estimate of drug-likeness (QED) is 0.664. The summed E-state index contributed by atoms with van der Waals surface area (Å²) < 4.78 is 13.9. The zero-order valence-corrected chi connectivity index (χ0v) is 11.2. The van der Waals surface area contributed by atoms with Gasteiger partial charge in [-0.1, -0.05) is 23.5 Å². The van der Waals surface area contributed by atoms with Gasteiger partial charge in [0.1, 0.15) is 5.82 Å². The first-order chi connectivity index (χ1) is 9.97. The summed E-state index contributed by atoms with van der Waals surface area (Å²) in [5.41, 5.74) is 4.10. The maximum Gasteiger partial charge on any atom is 0.288 e. The van der Waals surface area contributed by atoms with E-state index in [4.69, 9.17) is 5.73 Å². The van der Waals surface area contributed by atoms with Gasteiger partial charge < -0.3 is 10.8 Å². The number of benzene rings is 1. The highest BCUT2D eigenvalue weighted by Gasteiger charge is 2.13. The lowest BCUT2D eigenvalue weighted by Gasteiger charge is -1.95. The van der Waals surface area contributed by atoms with Gasteiger partial charge in [0, 0.05) is 0 Å². The summed E-state index contributed by atoms with van der Waals surface area (Å²) in [5, 5.41) is 9.42. The summed E-state index contributed by atoms with van der Waals surface area (Å²) in [6.07, 6.45) is 1.51. The molecule has 8 heteroatoms. The molecule has 6 nitrogen and oxygen atoms in total. The third kappa shape index (κ3) is 2.15. The van der Waals surface area contributed by atoms with Crippen molar-refractivity contribution in [2.45, 2.75) is 0 Å². The molecule has 0 amide bonds. The standard InChI is InChI=1S/C13H8FN3O3S/c14-7-3-1-6(2-4-7)5-8-11(19)17-12(20)9(15)10(18)16-13(17)21-8/h1-5,18H,15H2. The first-order valence-corrected chi connectivity index (χ1v) is 6.60. The van der Waals surface area contributed by atoms with Crippen molar-refractivity contribution in [1.82, 2.24) is 9.38 Å². The first-order valence-electron chi connectivity index (χ1n) is 5.78. The number of hydrogen-bond acceptors (Lipinski definition) is 6. The molecule has 0 radical (unpaired) electrons. The molecule has 1 aromatic carbocycles. The zero-order chi connectivity index (χ0) is 15.1. The van der Waals surface area contributed by atoms with Crippen LogP contribution >= 0.6 is 11.3 Å². The summed E-state index contributed by atoms with van der Waals surface area (Å²) in [4.78, 5) is 27.8. The maximum absolute atomic E-state index is 12.8. The van der Waals surface area contributed by atoms with Crippen molar-refractivity contribution in [3.63, 3.8) is 0 Å². The Morgan fingerprint density at radius 3 is 2.57 bits per heavy atom. The lowest BCUT2D eigenvalue weighted by Crippen LogP contribution is -2.32. The van der Waals surface area contributed by atoms with Gasteiger partial charge >= 0.3 is 0 Å². The number of nitrogen functional groups attached to an aromatic ring is 1. The molecule has 0 aliphatic heterocycles. The topological polar surface area (TPSA) is 97.7 Å². The van der Waals surface area contributed by atoms with Gasteiger partial charge in [-0.15, -0.1) is 0 Å². The van der Waals surface area contributed by atoms with Gasteiger partial charge in [0.05, 0.1) is 4.53 Å². The number of anilines is 1. The van der Waals surface area contributed by atoms with E-state index in [0.717, 1.165) is 15.7 Å². The van der Waals surface area contributed by atoms with Crippen molar-refractivity contribution in [1.29, 1.82) is 0 Å². The van der Waals surface area contributed by atoms with E-state index in [0.29, 0.717) is 5.56 Å². The lowest BCUT2D eigenvalue weighted by molar-refractivity contribution is 0.456. The van der Waals surface area contributed by atoms with Gasteiger partial charge in [0.25, 0.3) is 11.1 Å². The van der Waals surface area contributed by atoms with Crippen LogP contribution in [-0.2, 0) is 0 Å². The Kier molecular flexibility index (Phi) is 2.95. The number of halogens is 1. The number of nitrogens with zero attached hydrogens (tertiary/aromatic N) is 2. The van der Waals surface area contributed by atoms with Crippen molar-refractivity contribution in [2.75, 3.05) is 5.73 Å². The van der Waals surface area contributed by atoms with Gasteiger partial charge in [-0.25, -0.2) is 8.79 Å². The molecule has 0 spiro atoms. The fourth-order valence-corrected chi connectivity index (χ4v) is 2.76. The summed E-state index contributed by atoms with van der Waals surface area (Å²) in [6.45, 7) is 0. The third-order valence-electron chi connectivity index (χ3n) is 2.85. The van der Waals surface area contributed by atoms with E-state index >= 15 is 0 Å². The summed E-state index contributed by atoms with van der Waals surface area (Å²) in [6, 6.07) is 5.53. The molecular formula is C13H8FN3O3S. The van der Waals surface area contributed by atoms with Crippen LogP contribution < -0.4 is 21.4 Å². The molecule has 2 heterocycles. The fourth-order valence-electron chi connectivity index (χ4n) is 1.81. The Labute approximate surface area is 120 Å². The Hall–Kier alpha value is -2.74. The van der Waals surface area contributed by atoms with Gasteiger partial charge in [-0.2, -0.15) is 4.98 Å². The monoisotopic (exact) mass is 305 g/mol. The molecule has 2 aromatic heterocycles. The van der Waals surface area contributed by atoms with E-state index in [1.54, 1.807) is 0 Å². The molecule has 0 saturated carbocycles. The van der Waals surface area contributed by atoms with Crippen LogP contribution in [0.1, 0.15) is 5.56 Å².